The maximum atomic E-state index is 14.1. The molecule has 5 rings (SSSR count). The third kappa shape index (κ3) is 8.32. The monoisotopic (exact) mass is 668 g/mol. The van der Waals surface area contributed by atoms with Crippen molar-refractivity contribution in [1.29, 1.82) is 0 Å². The summed E-state index contributed by atoms with van der Waals surface area (Å²) in [5.41, 5.74) is 0.434. The molecule has 2 N–H and O–H groups in total. The van der Waals surface area contributed by atoms with Crippen LogP contribution in [0.15, 0.2) is 42.7 Å². The van der Waals surface area contributed by atoms with Crippen LogP contribution in [0.2, 0.25) is 0 Å². The molecule has 1 spiro atoms. The SMILES string of the molecule is COCCOCCOCCOCCNC(=O)c1ncc(N2C[C@]3(CC[C@@](c4ccccc4)(N(C)C)CC3)N(CC3(O)CCC3)C2=O)cn1. The van der Waals surface area contributed by atoms with E-state index in [4.69, 9.17) is 18.9 Å². The number of urea groups is 1. The maximum absolute atomic E-state index is 14.1. The lowest BCUT2D eigenvalue weighted by Crippen LogP contribution is -2.59. The number of nitrogens with one attached hydrogen (secondary N) is 1. The molecule has 2 saturated carbocycles. The summed E-state index contributed by atoms with van der Waals surface area (Å²) in [5.74, 6) is -0.394. The average molecular weight is 669 g/mol. The van der Waals surface area contributed by atoms with Gasteiger partial charge in [0, 0.05) is 19.2 Å². The lowest BCUT2D eigenvalue weighted by Gasteiger charge is -2.52. The fourth-order valence-corrected chi connectivity index (χ4v) is 7.15. The van der Waals surface area contributed by atoms with Gasteiger partial charge in [-0.2, -0.15) is 0 Å². The van der Waals surface area contributed by atoms with Crippen LogP contribution < -0.4 is 10.2 Å². The fraction of sp³-hybridized carbons (Fsp3) is 0.657. The highest BCUT2D eigenvalue weighted by Crippen LogP contribution is 2.50. The van der Waals surface area contributed by atoms with Crippen molar-refractivity contribution in [3.8, 4) is 0 Å². The molecule has 1 saturated heterocycles. The highest BCUT2D eigenvalue weighted by atomic mass is 16.6. The minimum Gasteiger partial charge on any atom is -0.388 e. The van der Waals surface area contributed by atoms with E-state index in [1.807, 2.05) is 11.0 Å². The Morgan fingerprint density at radius 1 is 0.896 bits per heavy atom. The van der Waals surface area contributed by atoms with Gasteiger partial charge in [-0.3, -0.25) is 14.6 Å². The van der Waals surface area contributed by atoms with Gasteiger partial charge >= 0.3 is 6.03 Å². The number of anilines is 1. The summed E-state index contributed by atoms with van der Waals surface area (Å²) in [6.07, 6.45) is 8.83. The number of carbonyl (C=O) groups is 2. The summed E-state index contributed by atoms with van der Waals surface area (Å²) in [4.78, 5) is 41.3. The van der Waals surface area contributed by atoms with Gasteiger partial charge in [0.15, 0.2) is 0 Å². The number of carbonyl (C=O) groups excluding carboxylic acids is 2. The van der Waals surface area contributed by atoms with Crippen LogP contribution in [0.1, 0.15) is 61.1 Å². The molecule has 1 aliphatic heterocycles. The number of nitrogens with zero attached hydrogens (tertiary/aromatic N) is 5. The van der Waals surface area contributed by atoms with Crippen molar-refractivity contribution in [2.75, 3.05) is 92.0 Å². The molecule has 0 bridgehead atoms. The highest BCUT2D eigenvalue weighted by molar-refractivity contribution is 5.96. The van der Waals surface area contributed by atoms with Gasteiger partial charge in [0.2, 0.25) is 5.82 Å². The minimum absolute atomic E-state index is 0.0221. The lowest BCUT2D eigenvalue weighted by molar-refractivity contribution is -0.0725. The van der Waals surface area contributed by atoms with Crippen LogP contribution in [-0.2, 0) is 24.5 Å². The first-order chi connectivity index (χ1) is 23.2. The van der Waals surface area contributed by atoms with E-state index in [0.29, 0.717) is 84.4 Å². The van der Waals surface area contributed by atoms with E-state index in [2.05, 4.69) is 58.5 Å². The van der Waals surface area contributed by atoms with Crippen LogP contribution in [0, 0.1) is 0 Å². The maximum Gasteiger partial charge on any atom is 0.325 e. The Bertz CT molecular complexity index is 1320. The van der Waals surface area contributed by atoms with E-state index in [9.17, 15) is 14.7 Å². The average Bonchev–Trinajstić information content (AvgIpc) is 3.35. The molecule has 2 aromatic rings. The second-order valence-electron chi connectivity index (χ2n) is 13.4. The third-order valence-electron chi connectivity index (χ3n) is 10.3. The molecular formula is C35H52N6O7. The number of amides is 3. The van der Waals surface area contributed by atoms with E-state index in [0.717, 1.165) is 32.1 Å². The Hall–Kier alpha value is -3.20. The van der Waals surface area contributed by atoms with Crippen molar-refractivity contribution in [2.45, 2.75) is 61.6 Å². The molecule has 3 amide bonds. The number of β-amino-alcohol motifs (C(OH)–C–C–N with tert-alkyl or cyclic N) is 1. The molecule has 0 atom stereocenters. The van der Waals surface area contributed by atoms with E-state index in [1.165, 1.54) is 5.56 Å². The Balaban J connectivity index is 1.15. The van der Waals surface area contributed by atoms with E-state index < -0.39 is 17.0 Å². The predicted octanol–water partition coefficient (Wildman–Crippen LogP) is 2.83. The zero-order chi connectivity index (χ0) is 34.0. The number of methoxy groups -OCH3 is 1. The Kier molecular flexibility index (Phi) is 12.4. The molecule has 3 aliphatic rings. The van der Waals surface area contributed by atoms with Gasteiger partial charge < -0.3 is 34.3 Å². The number of rotatable bonds is 18. The van der Waals surface area contributed by atoms with Crippen LogP contribution in [0.5, 0.6) is 0 Å². The smallest absolute Gasteiger partial charge is 0.325 e. The van der Waals surface area contributed by atoms with E-state index >= 15 is 0 Å². The van der Waals surface area contributed by atoms with Crippen molar-refractivity contribution >= 4 is 17.6 Å². The Labute approximate surface area is 283 Å². The van der Waals surface area contributed by atoms with Crippen LogP contribution in [-0.4, -0.2) is 135 Å². The zero-order valence-electron chi connectivity index (χ0n) is 28.7. The largest absolute Gasteiger partial charge is 0.388 e. The molecule has 0 radical (unpaired) electrons. The van der Waals surface area contributed by atoms with Crippen molar-refractivity contribution in [3.63, 3.8) is 0 Å². The number of hydrogen-bond acceptors (Lipinski definition) is 10. The Morgan fingerprint density at radius 2 is 1.50 bits per heavy atom. The first kappa shape index (κ1) is 36.1. The first-order valence-electron chi connectivity index (χ1n) is 17.1. The molecule has 3 fully saturated rings. The predicted molar refractivity (Wildman–Crippen MR) is 180 cm³/mol. The van der Waals surface area contributed by atoms with Crippen molar-refractivity contribution in [2.24, 2.45) is 0 Å². The van der Waals surface area contributed by atoms with Gasteiger partial charge in [-0.05, 0) is 64.6 Å². The quantitative estimate of drug-likeness (QED) is 0.228. The van der Waals surface area contributed by atoms with Crippen LogP contribution in [0.25, 0.3) is 0 Å². The van der Waals surface area contributed by atoms with Crippen LogP contribution in [0.4, 0.5) is 10.5 Å². The highest BCUT2D eigenvalue weighted by Gasteiger charge is 2.56. The van der Waals surface area contributed by atoms with E-state index in [1.54, 1.807) is 24.4 Å². The van der Waals surface area contributed by atoms with Gasteiger partial charge in [0.1, 0.15) is 0 Å². The molecule has 1 aromatic carbocycles. The van der Waals surface area contributed by atoms with Crippen molar-refractivity contribution < 1.29 is 33.6 Å². The number of hydrogen-bond donors (Lipinski definition) is 2. The molecular weight excluding hydrogens is 616 g/mol. The molecule has 2 heterocycles. The van der Waals surface area contributed by atoms with E-state index in [-0.39, 0.29) is 17.4 Å². The van der Waals surface area contributed by atoms with Gasteiger partial charge in [-0.25, -0.2) is 14.8 Å². The summed E-state index contributed by atoms with van der Waals surface area (Å²) < 4.78 is 21.2. The van der Waals surface area contributed by atoms with Crippen LogP contribution in [0.3, 0.4) is 0 Å². The molecule has 1 aromatic heterocycles. The second-order valence-corrected chi connectivity index (χ2v) is 13.4. The second kappa shape index (κ2) is 16.5. The normalized spacial score (nSPS) is 23.6. The molecule has 13 nitrogen and oxygen atoms in total. The Morgan fingerprint density at radius 3 is 2.06 bits per heavy atom. The summed E-state index contributed by atoms with van der Waals surface area (Å²) in [6.45, 7) is 4.34. The lowest BCUT2D eigenvalue weighted by atomic mass is 9.67. The molecule has 0 unspecified atom stereocenters. The zero-order valence-corrected chi connectivity index (χ0v) is 28.7. The first-order valence-corrected chi connectivity index (χ1v) is 17.1. The summed E-state index contributed by atoms with van der Waals surface area (Å²) in [6, 6.07) is 10.5. The molecule has 48 heavy (non-hydrogen) atoms. The fourth-order valence-electron chi connectivity index (χ4n) is 7.15. The standard InChI is InChI=1S/C35H52N6O7/c1-39(2)35(28-8-5-4-6-9-28)14-12-33(13-15-35)26-40(32(43)41(33)27-34(44)10-7-11-34)29-24-37-30(38-25-29)31(42)36-16-17-46-20-21-48-23-22-47-19-18-45-3/h4-6,8-9,24-25,44H,7,10-23,26-27H2,1-3H3,(H,36,42)/t33-,35-. The summed E-state index contributed by atoms with van der Waals surface area (Å²) >= 11 is 0. The number of aromatic nitrogens is 2. The topological polar surface area (TPSA) is 139 Å². The number of ether oxygens (including phenoxy) is 4. The number of aliphatic hydroxyl groups is 1. The summed E-state index contributed by atoms with van der Waals surface area (Å²) in [7, 11) is 5.90. The van der Waals surface area contributed by atoms with Gasteiger partial charge in [-0.15, -0.1) is 0 Å². The van der Waals surface area contributed by atoms with Gasteiger partial charge in [0.25, 0.3) is 5.91 Å². The van der Waals surface area contributed by atoms with Gasteiger partial charge in [-0.1, -0.05) is 30.3 Å². The molecule has 13 heteroatoms. The van der Waals surface area contributed by atoms with Crippen molar-refractivity contribution in [1.82, 2.24) is 25.1 Å². The third-order valence-corrected chi connectivity index (χ3v) is 10.3. The minimum atomic E-state index is -0.845. The summed E-state index contributed by atoms with van der Waals surface area (Å²) in [5, 5.41) is 14.0. The molecule has 2 aliphatic carbocycles. The molecule has 264 valence electrons. The van der Waals surface area contributed by atoms with Gasteiger partial charge in [0.05, 0.1) is 88.6 Å². The van der Waals surface area contributed by atoms with Crippen molar-refractivity contribution in [3.05, 3.63) is 54.1 Å². The number of benzene rings is 1. The van der Waals surface area contributed by atoms with Crippen LogP contribution >= 0.6 is 0 Å².